The van der Waals surface area contributed by atoms with Crippen LogP contribution in [0.4, 0.5) is 0 Å². The molecular weight excluding hydrogens is 278 g/mol. The van der Waals surface area contributed by atoms with Gasteiger partial charge in [0.15, 0.2) is 0 Å². The molecule has 118 valence electrons. The number of nitrogens with one attached hydrogen (secondary N) is 1. The summed E-state index contributed by atoms with van der Waals surface area (Å²) in [4.78, 5) is 2.33. The van der Waals surface area contributed by atoms with Gasteiger partial charge in [-0.05, 0) is 38.1 Å². The first-order valence-electron chi connectivity index (χ1n) is 7.66. The average molecular weight is 305 g/mol. The molecule has 1 aliphatic heterocycles. The quantitative estimate of drug-likeness (QED) is 0.662. The lowest BCUT2D eigenvalue weighted by Crippen LogP contribution is -2.47. The van der Waals surface area contributed by atoms with Crippen LogP contribution in [0.2, 0.25) is 0 Å². The molecule has 20 heavy (non-hydrogen) atoms. The molecular formula is C13H27N3O3S. The lowest BCUT2D eigenvalue weighted by Gasteiger charge is -2.30. The smallest absolute Gasteiger partial charge is 0.279 e. The maximum absolute atomic E-state index is 12.2. The normalized spacial score (nSPS) is 22.6. The molecule has 6 nitrogen and oxygen atoms in total. The van der Waals surface area contributed by atoms with E-state index in [0.29, 0.717) is 25.7 Å². The van der Waals surface area contributed by atoms with Crippen molar-refractivity contribution in [3.8, 4) is 0 Å². The predicted octanol–water partition coefficient (Wildman–Crippen LogP) is 0.00940. The number of likely N-dealkylation sites (N-methyl/N-ethyl adjacent to an activating group) is 1. The topological polar surface area (TPSA) is 72.9 Å². The van der Waals surface area contributed by atoms with Gasteiger partial charge in [-0.25, -0.2) is 4.72 Å². The zero-order valence-electron chi connectivity index (χ0n) is 12.3. The van der Waals surface area contributed by atoms with Crippen molar-refractivity contribution in [2.45, 2.75) is 38.6 Å². The Balaban J connectivity index is 1.73. The summed E-state index contributed by atoms with van der Waals surface area (Å²) in [6.45, 7) is 5.55. The third-order valence-corrected chi connectivity index (χ3v) is 5.94. The standard InChI is InChI=1S/C13H27N3O3S/c1-2-15(13-3-4-13)10-7-14-20(18,19)16-8-5-12(11-17)6-9-16/h12-14,17H,2-11H2,1H3. The molecule has 1 saturated heterocycles. The Morgan fingerprint density at radius 2 is 1.90 bits per heavy atom. The highest BCUT2D eigenvalue weighted by molar-refractivity contribution is 7.87. The van der Waals surface area contributed by atoms with Crippen molar-refractivity contribution in [2.75, 3.05) is 39.3 Å². The molecule has 0 radical (unpaired) electrons. The van der Waals surface area contributed by atoms with Crippen molar-refractivity contribution in [2.24, 2.45) is 5.92 Å². The fraction of sp³-hybridized carbons (Fsp3) is 1.00. The summed E-state index contributed by atoms with van der Waals surface area (Å²) >= 11 is 0. The molecule has 7 heteroatoms. The van der Waals surface area contributed by atoms with Gasteiger partial charge in [0.2, 0.25) is 0 Å². The summed E-state index contributed by atoms with van der Waals surface area (Å²) in [7, 11) is -3.35. The van der Waals surface area contributed by atoms with Gasteiger partial charge in [-0.15, -0.1) is 0 Å². The Morgan fingerprint density at radius 1 is 1.25 bits per heavy atom. The van der Waals surface area contributed by atoms with Gasteiger partial charge in [-0.2, -0.15) is 12.7 Å². The van der Waals surface area contributed by atoms with Gasteiger partial charge in [0.1, 0.15) is 0 Å². The molecule has 2 fully saturated rings. The summed E-state index contributed by atoms with van der Waals surface area (Å²) < 4.78 is 28.5. The van der Waals surface area contributed by atoms with Crippen molar-refractivity contribution in [3.05, 3.63) is 0 Å². The molecule has 1 heterocycles. The molecule has 2 aliphatic rings. The highest BCUT2D eigenvalue weighted by atomic mass is 32.2. The molecule has 2 N–H and O–H groups in total. The summed E-state index contributed by atoms with van der Waals surface area (Å²) in [5.41, 5.74) is 0. The number of hydrogen-bond acceptors (Lipinski definition) is 4. The van der Waals surface area contributed by atoms with E-state index in [9.17, 15) is 8.42 Å². The maximum Gasteiger partial charge on any atom is 0.279 e. The van der Waals surface area contributed by atoms with E-state index in [1.54, 1.807) is 0 Å². The Kier molecular flexibility index (Phi) is 5.80. The van der Waals surface area contributed by atoms with Crippen molar-refractivity contribution < 1.29 is 13.5 Å². The molecule has 0 bridgehead atoms. The van der Waals surface area contributed by atoms with Gasteiger partial charge < -0.3 is 5.11 Å². The molecule has 1 saturated carbocycles. The van der Waals surface area contributed by atoms with Crippen molar-refractivity contribution in [1.82, 2.24) is 13.9 Å². The Labute approximate surface area is 122 Å². The minimum atomic E-state index is -3.35. The van der Waals surface area contributed by atoms with Gasteiger partial charge in [-0.1, -0.05) is 6.92 Å². The van der Waals surface area contributed by atoms with E-state index in [1.807, 2.05) is 0 Å². The third-order valence-electron chi connectivity index (χ3n) is 4.32. The number of aliphatic hydroxyl groups excluding tert-OH is 1. The van der Waals surface area contributed by atoms with E-state index >= 15 is 0 Å². The predicted molar refractivity (Wildman–Crippen MR) is 78.6 cm³/mol. The molecule has 0 unspecified atom stereocenters. The molecule has 0 spiro atoms. The minimum Gasteiger partial charge on any atom is -0.396 e. The highest BCUT2D eigenvalue weighted by Crippen LogP contribution is 2.25. The fourth-order valence-electron chi connectivity index (χ4n) is 2.78. The molecule has 2 rings (SSSR count). The van der Waals surface area contributed by atoms with E-state index in [4.69, 9.17) is 5.11 Å². The van der Waals surface area contributed by atoms with Crippen LogP contribution >= 0.6 is 0 Å². The SMILES string of the molecule is CCN(CCNS(=O)(=O)N1CCC(CO)CC1)C1CC1. The molecule has 0 atom stereocenters. The van der Waals surface area contributed by atoms with E-state index in [0.717, 1.165) is 25.9 Å². The second-order valence-corrected chi connectivity index (χ2v) is 7.54. The van der Waals surface area contributed by atoms with Crippen molar-refractivity contribution >= 4 is 10.2 Å². The number of aliphatic hydroxyl groups is 1. The van der Waals surface area contributed by atoms with Crippen LogP contribution in [0.25, 0.3) is 0 Å². The molecule has 0 aromatic heterocycles. The van der Waals surface area contributed by atoms with Gasteiger partial charge in [-0.3, -0.25) is 4.90 Å². The van der Waals surface area contributed by atoms with Gasteiger partial charge >= 0.3 is 0 Å². The van der Waals surface area contributed by atoms with Crippen LogP contribution in [-0.2, 0) is 10.2 Å². The summed E-state index contributed by atoms with van der Waals surface area (Å²) in [5.74, 6) is 0.256. The summed E-state index contributed by atoms with van der Waals surface area (Å²) in [6.07, 6.45) is 3.99. The van der Waals surface area contributed by atoms with Crippen LogP contribution in [0, 0.1) is 5.92 Å². The Hall–Kier alpha value is -0.210. The molecule has 0 amide bonds. The monoisotopic (exact) mass is 305 g/mol. The largest absolute Gasteiger partial charge is 0.396 e. The number of nitrogens with zero attached hydrogens (tertiary/aromatic N) is 2. The van der Waals surface area contributed by atoms with Gasteiger partial charge in [0.05, 0.1) is 0 Å². The summed E-state index contributed by atoms with van der Waals surface area (Å²) in [6, 6.07) is 0.671. The Bertz CT molecular complexity index is 390. The Morgan fingerprint density at radius 3 is 2.40 bits per heavy atom. The van der Waals surface area contributed by atoms with Gasteiger partial charge in [0, 0.05) is 38.8 Å². The first kappa shape index (κ1) is 16.2. The van der Waals surface area contributed by atoms with Crippen LogP contribution in [-0.4, -0.2) is 68.1 Å². The zero-order chi connectivity index (χ0) is 14.6. The van der Waals surface area contributed by atoms with E-state index in [2.05, 4.69) is 16.5 Å². The van der Waals surface area contributed by atoms with Crippen LogP contribution in [0.5, 0.6) is 0 Å². The number of hydrogen-bond donors (Lipinski definition) is 2. The van der Waals surface area contributed by atoms with E-state index < -0.39 is 10.2 Å². The second kappa shape index (κ2) is 7.17. The molecule has 0 aromatic rings. The average Bonchev–Trinajstić information content (AvgIpc) is 3.28. The first-order valence-corrected chi connectivity index (χ1v) is 9.10. The van der Waals surface area contributed by atoms with E-state index in [-0.39, 0.29) is 12.5 Å². The third kappa shape index (κ3) is 4.39. The maximum atomic E-state index is 12.2. The van der Waals surface area contributed by atoms with Crippen LogP contribution in [0.3, 0.4) is 0 Å². The van der Waals surface area contributed by atoms with Gasteiger partial charge in [0.25, 0.3) is 10.2 Å². The van der Waals surface area contributed by atoms with E-state index in [1.165, 1.54) is 17.1 Å². The first-order chi connectivity index (χ1) is 9.56. The fourth-order valence-corrected chi connectivity index (χ4v) is 4.00. The lowest BCUT2D eigenvalue weighted by atomic mass is 10.00. The number of rotatable bonds is 8. The highest BCUT2D eigenvalue weighted by Gasteiger charge is 2.29. The van der Waals surface area contributed by atoms with Crippen LogP contribution in [0.15, 0.2) is 0 Å². The van der Waals surface area contributed by atoms with Crippen molar-refractivity contribution in [3.63, 3.8) is 0 Å². The van der Waals surface area contributed by atoms with Crippen LogP contribution in [0.1, 0.15) is 32.6 Å². The van der Waals surface area contributed by atoms with Crippen molar-refractivity contribution in [1.29, 1.82) is 0 Å². The molecule has 0 aromatic carbocycles. The minimum absolute atomic E-state index is 0.161. The second-order valence-electron chi connectivity index (χ2n) is 5.78. The summed E-state index contributed by atoms with van der Waals surface area (Å²) in [5, 5.41) is 9.08. The van der Waals surface area contributed by atoms with Crippen LogP contribution < -0.4 is 4.72 Å². The lowest BCUT2D eigenvalue weighted by molar-refractivity contribution is 0.169. The molecule has 1 aliphatic carbocycles. The number of piperidine rings is 1. The zero-order valence-corrected chi connectivity index (χ0v) is 13.1.